The third-order valence-corrected chi connectivity index (χ3v) is 5.21. The molecular formula is C16H21FN2S. The minimum atomic E-state index is -0.0758. The molecule has 2 aromatic rings. The number of benzene rings is 1. The number of halogens is 1. The summed E-state index contributed by atoms with van der Waals surface area (Å²) in [5.74, 6) is -0.0758. The molecule has 1 aromatic heterocycles. The van der Waals surface area contributed by atoms with Crippen LogP contribution in [-0.2, 0) is 13.1 Å². The van der Waals surface area contributed by atoms with Crippen LogP contribution < -0.4 is 5.32 Å². The fraction of sp³-hybridized carbons (Fsp3) is 0.500. The molecule has 4 heteroatoms. The minimum Gasteiger partial charge on any atom is -0.315 e. The molecule has 108 valence electrons. The van der Waals surface area contributed by atoms with Gasteiger partial charge < -0.3 is 5.32 Å². The summed E-state index contributed by atoms with van der Waals surface area (Å²) in [6.07, 6.45) is 3.87. The van der Waals surface area contributed by atoms with Crippen LogP contribution in [0, 0.1) is 5.82 Å². The van der Waals surface area contributed by atoms with Crippen molar-refractivity contribution in [2.24, 2.45) is 0 Å². The second kappa shape index (κ2) is 6.20. The first-order valence-electron chi connectivity index (χ1n) is 7.35. The number of nitrogens with one attached hydrogen (secondary N) is 1. The second-order valence-electron chi connectivity index (χ2n) is 5.48. The van der Waals surface area contributed by atoms with Gasteiger partial charge in [0.2, 0.25) is 0 Å². The fourth-order valence-corrected chi connectivity index (χ4v) is 4.27. The maximum Gasteiger partial charge on any atom is 0.132 e. The lowest BCUT2D eigenvalue weighted by molar-refractivity contribution is 0.221. The first-order valence-corrected chi connectivity index (χ1v) is 8.17. The molecule has 1 aromatic carbocycles. The largest absolute Gasteiger partial charge is 0.315 e. The van der Waals surface area contributed by atoms with Gasteiger partial charge in [-0.2, -0.15) is 0 Å². The Morgan fingerprint density at radius 2 is 2.05 bits per heavy atom. The van der Waals surface area contributed by atoms with Gasteiger partial charge in [-0.05, 0) is 50.7 Å². The highest BCUT2D eigenvalue weighted by molar-refractivity contribution is 7.19. The summed E-state index contributed by atoms with van der Waals surface area (Å²) in [5, 5.41) is 4.05. The van der Waals surface area contributed by atoms with Gasteiger partial charge in [-0.25, -0.2) is 4.39 Å². The number of hydrogen-bond donors (Lipinski definition) is 1. The Bertz CT molecular complexity index is 587. The van der Waals surface area contributed by atoms with E-state index >= 15 is 0 Å². The molecule has 2 nitrogen and oxygen atoms in total. The number of nitrogens with zero attached hydrogens (tertiary/aromatic N) is 1. The lowest BCUT2D eigenvalue weighted by Crippen LogP contribution is -2.29. The van der Waals surface area contributed by atoms with E-state index in [1.165, 1.54) is 29.7 Å². The second-order valence-corrected chi connectivity index (χ2v) is 6.62. The molecule has 3 rings (SSSR count). The lowest BCUT2D eigenvalue weighted by Gasteiger charge is -2.26. The van der Waals surface area contributed by atoms with Gasteiger partial charge in [-0.1, -0.05) is 12.5 Å². The zero-order valence-electron chi connectivity index (χ0n) is 11.9. The van der Waals surface area contributed by atoms with Crippen LogP contribution in [0.2, 0.25) is 0 Å². The topological polar surface area (TPSA) is 15.3 Å². The molecule has 1 saturated heterocycles. The molecule has 0 aliphatic carbocycles. The molecule has 0 unspecified atom stereocenters. The Balaban J connectivity index is 1.98. The maximum atomic E-state index is 14.2. The number of thiophene rings is 1. The summed E-state index contributed by atoms with van der Waals surface area (Å²) in [6.45, 7) is 4.00. The predicted octanol–water partition coefficient (Wildman–Crippen LogP) is 3.75. The van der Waals surface area contributed by atoms with E-state index in [1.54, 1.807) is 17.4 Å². The van der Waals surface area contributed by atoms with Crippen LogP contribution in [0.25, 0.3) is 10.1 Å². The van der Waals surface area contributed by atoms with Crippen molar-refractivity contribution in [2.75, 3.05) is 20.1 Å². The summed E-state index contributed by atoms with van der Waals surface area (Å²) in [5.41, 5.74) is 1.19. The predicted molar refractivity (Wildman–Crippen MR) is 83.7 cm³/mol. The van der Waals surface area contributed by atoms with Gasteiger partial charge in [0.15, 0.2) is 0 Å². The normalized spacial score (nSPS) is 16.9. The van der Waals surface area contributed by atoms with E-state index in [2.05, 4.69) is 10.2 Å². The molecule has 1 aliphatic rings. The van der Waals surface area contributed by atoms with Gasteiger partial charge in [-0.3, -0.25) is 4.90 Å². The minimum absolute atomic E-state index is 0.0758. The average molecular weight is 292 g/mol. The third kappa shape index (κ3) is 2.73. The number of fused-ring (bicyclic) bond motifs is 1. The average Bonchev–Trinajstić information content (AvgIpc) is 2.80. The Morgan fingerprint density at radius 1 is 1.25 bits per heavy atom. The molecular weight excluding hydrogens is 271 g/mol. The molecule has 1 aliphatic heterocycles. The Morgan fingerprint density at radius 3 is 2.80 bits per heavy atom. The molecule has 0 amide bonds. The van der Waals surface area contributed by atoms with Crippen LogP contribution in [0.1, 0.15) is 29.7 Å². The molecule has 1 N–H and O–H groups in total. The van der Waals surface area contributed by atoms with Crippen molar-refractivity contribution in [3.8, 4) is 0 Å². The Kier molecular flexibility index (Phi) is 4.34. The first-order chi connectivity index (χ1) is 9.79. The van der Waals surface area contributed by atoms with Crippen LogP contribution in [0.5, 0.6) is 0 Å². The van der Waals surface area contributed by atoms with E-state index in [4.69, 9.17) is 0 Å². The van der Waals surface area contributed by atoms with E-state index < -0.39 is 0 Å². The van der Waals surface area contributed by atoms with Crippen molar-refractivity contribution >= 4 is 21.4 Å². The highest BCUT2D eigenvalue weighted by Gasteiger charge is 2.18. The van der Waals surface area contributed by atoms with Crippen LogP contribution in [0.4, 0.5) is 4.39 Å². The van der Waals surface area contributed by atoms with Crippen LogP contribution in [0.15, 0.2) is 18.2 Å². The Hall–Kier alpha value is -0.970. The van der Waals surface area contributed by atoms with Crippen molar-refractivity contribution in [3.63, 3.8) is 0 Å². The van der Waals surface area contributed by atoms with Crippen molar-refractivity contribution in [1.82, 2.24) is 10.2 Å². The molecule has 20 heavy (non-hydrogen) atoms. The van der Waals surface area contributed by atoms with Crippen LogP contribution >= 0.6 is 11.3 Å². The summed E-state index contributed by atoms with van der Waals surface area (Å²) >= 11 is 1.72. The molecule has 2 heterocycles. The Labute approximate surface area is 123 Å². The van der Waals surface area contributed by atoms with Gasteiger partial charge in [0.25, 0.3) is 0 Å². The zero-order valence-corrected chi connectivity index (χ0v) is 12.7. The highest BCUT2D eigenvalue weighted by Crippen LogP contribution is 2.34. The quantitative estimate of drug-likeness (QED) is 0.923. The summed E-state index contributed by atoms with van der Waals surface area (Å²) in [7, 11) is 1.95. The molecule has 1 fully saturated rings. The monoisotopic (exact) mass is 292 g/mol. The van der Waals surface area contributed by atoms with Crippen molar-refractivity contribution in [1.29, 1.82) is 0 Å². The lowest BCUT2D eigenvalue weighted by atomic mass is 10.1. The molecule has 0 spiro atoms. The van der Waals surface area contributed by atoms with E-state index in [-0.39, 0.29) is 5.82 Å². The van der Waals surface area contributed by atoms with E-state index in [0.29, 0.717) is 0 Å². The molecule has 0 saturated carbocycles. The number of piperidine rings is 1. The molecule has 0 radical (unpaired) electrons. The maximum absolute atomic E-state index is 14.2. The van der Waals surface area contributed by atoms with Gasteiger partial charge >= 0.3 is 0 Å². The van der Waals surface area contributed by atoms with E-state index in [1.807, 2.05) is 19.2 Å². The first kappa shape index (κ1) is 14.0. The van der Waals surface area contributed by atoms with Crippen LogP contribution in [-0.4, -0.2) is 25.0 Å². The van der Waals surface area contributed by atoms with Gasteiger partial charge in [-0.15, -0.1) is 11.3 Å². The highest BCUT2D eigenvalue weighted by atomic mass is 32.1. The molecule has 0 bridgehead atoms. The number of rotatable bonds is 4. The van der Waals surface area contributed by atoms with Crippen molar-refractivity contribution in [2.45, 2.75) is 32.4 Å². The van der Waals surface area contributed by atoms with Crippen molar-refractivity contribution in [3.05, 3.63) is 34.5 Å². The zero-order chi connectivity index (χ0) is 13.9. The van der Waals surface area contributed by atoms with Gasteiger partial charge in [0.1, 0.15) is 5.82 Å². The number of hydrogen-bond acceptors (Lipinski definition) is 3. The summed E-state index contributed by atoms with van der Waals surface area (Å²) in [4.78, 5) is 3.74. The number of likely N-dealkylation sites (tertiary alicyclic amines) is 1. The SMILES string of the molecule is CNCc1sc2cccc(F)c2c1CN1CCCCC1. The van der Waals surface area contributed by atoms with Crippen molar-refractivity contribution < 1.29 is 4.39 Å². The summed E-state index contributed by atoms with van der Waals surface area (Å²) in [6, 6.07) is 5.42. The smallest absolute Gasteiger partial charge is 0.132 e. The third-order valence-electron chi connectivity index (χ3n) is 4.01. The molecule has 0 atom stereocenters. The standard InChI is InChI=1S/C16H21FN2S/c1-18-10-15-12(11-19-8-3-2-4-9-19)16-13(17)6-5-7-14(16)20-15/h5-7,18H,2-4,8-11H2,1H3. The fourth-order valence-electron chi connectivity index (χ4n) is 3.03. The van der Waals surface area contributed by atoms with Gasteiger partial charge in [0.05, 0.1) is 0 Å². The van der Waals surface area contributed by atoms with Crippen LogP contribution in [0.3, 0.4) is 0 Å². The summed E-state index contributed by atoms with van der Waals surface area (Å²) < 4.78 is 15.3. The van der Waals surface area contributed by atoms with E-state index in [0.717, 1.165) is 36.3 Å². The van der Waals surface area contributed by atoms with E-state index in [9.17, 15) is 4.39 Å². The van der Waals surface area contributed by atoms with Gasteiger partial charge in [0, 0.05) is 28.1 Å².